The van der Waals surface area contributed by atoms with E-state index in [1.165, 1.54) is 24.5 Å². The van der Waals surface area contributed by atoms with Crippen LogP contribution in [-0.2, 0) is 0 Å². The minimum Gasteiger partial charge on any atom is -0.297 e. The molecule has 0 saturated carbocycles. The summed E-state index contributed by atoms with van der Waals surface area (Å²) in [5, 5.41) is 8.11. The highest BCUT2D eigenvalue weighted by molar-refractivity contribution is 7.14. The summed E-state index contributed by atoms with van der Waals surface area (Å²) >= 11 is 2.20. The van der Waals surface area contributed by atoms with Gasteiger partial charge < -0.3 is 0 Å². The van der Waals surface area contributed by atoms with Crippen LogP contribution in [0.3, 0.4) is 0 Å². The molecule has 0 atom stereocenters. The summed E-state index contributed by atoms with van der Waals surface area (Å²) in [7, 11) is 0. The highest BCUT2D eigenvalue weighted by atomic mass is 32.1. The van der Waals surface area contributed by atoms with Crippen molar-refractivity contribution >= 4 is 39.7 Å². The Labute approximate surface area is 98.5 Å². The van der Waals surface area contributed by atoms with Gasteiger partial charge in [0.15, 0.2) is 10.9 Å². The Morgan fingerprint density at radius 1 is 1.44 bits per heavy atom. The first-order valence-electron chi connectivity index (χ1n) is 4.22. The van der Waals surface area contributed by atoms with Crippen LogP contribution in [0.15, 0.2) is 11.6 Å². The average molecular weight is 254 g/mol. The van der Waals surface area contributed by atoms with Crippen molar-refractivity contribution in [3.8, 4) is 0 Å². The predicted molar refractivity (Wildman–Crippen MR) is 60.0 cm³/mol. The van der Waals surface area contributed by atoms with Crippen molar-refractivity contribution in [3.63, 3.8) is 0 Å². The van der Waals surface area contributed by atoms with Crippen molar-refractivity contribution in [3.05, 3.63) is 22.1 Å². The molecule has 0 unspecified atom stereocenters. The minimum atomic E-state index is -0.320. The first-order chi connectivity index (χ1) is 7.66. The maximum Gasteiger partial charge on any atom is 0.270 e. The van der Waals surface area contributed by atoms with E-state index in [2.05, 4.69) is 19.9 Å². The number of thiazole rings is 1. The summed E-state index contributed by atoms with van der Waals surface area (Å²) in [5.41, 5.74) is 0.350. The molecule has 0 radical (unpaired) electrons. The number of nitrogens with one attached hydrogen (secondary N) is 1. The number of hydrogen-bond acceptors (Lipinski definition) is 7. The minimum absolute atomic E-state index is 0.129. The lowest BCUT2D eigenvalue weighted by Gasteiger charge is -1.95. The predicted octanol–water partition coefficient (Wildman–Crippen LogP) is 1.45. The number of hydrogen-bond donors (Lipinski definition) is 1. The van der Waals surface area contributed by atoms with Gasteiger partial charge in [-0.25, -0.2) is 4.98 Å². The quantitative estimate of drug-likeness (QED) is 0.838. The monoisotopic (exact) mass is 254 g/mol. The number of ketones is 1. The number of nitrogens with zero attached hydrogens (tertiary/aromatic N) is 3. The molecule has 2 heterocycles. The third-order valence-corrected chi connectivity index (χ3v) is 3.09. The Kier molecular flexibility index (Phi) is 3.02. The molecule has 0 aliphatic carbocycles. The van der Waals surface area contributed by atoms with E-state index in [1.807, 2.05) is 0 Å². The van der Waals surface area contributed by atoms with Crippen molar-refractivity contribution in [1.29, 1.82) is 0 Å². The highest BCUT2D eigenvalue weighted by Crippen LogP contribution is 2.17. The van der Waals surface area contributed by atoms with E-state index >= 15 is 0 Å². The Morgan fingerprint density at radius 3 is 2.81 bits per heavy atom. The molecule has 2 rings (SSSR count). The zero-order valence-corrected chi connectivity index (χ0v) is 9.76. The standard InChI is InChI=1S/C8H6N4O2S2/c1-4(13)5-3-15-8(10-5)11-7(14)6-2-9-12-16-6/h2-3H,1H3,(H,10,11,14). The van der Waals surface area contributed by atoms with Crippen LogP contribution in [0.4, 0.5) is 5.13 Å². The van der Waals surface area contributed by atoms with Crippen molar-refractivity contribution in [2.45, 2.75) is 6.92 Å². The summed E-state index contributed by atoms with van der Waals surface area (Å²) in [5.74, 6) is -0.448. The molecule has 16 heavy (non-hydrogen) atoms. The Morgan fingerprint density at radius 2 is 2.25 bits per heavy atom. The first-order valence-corrected chi connectivity index (χ1v) is 5.87. The fraction of sp³-hybridized carbons (Fsp3) is 0.125. The van der Waals surface area contributed by atoms with E-state index in [0.717, 1.165) is 11.5 Å². The van der Waals surface area contributed by atoms with Gasteiger partial charge in [-0.1, -0.05) is 4.49 Å². The number of Topliss-reactive ketones (excluding diaryl/α,β-unsaturated/α-hetero) is 1. The lowest BCUT2D eigenvalue weighted by Crippen LogP contribution is -2.10. The van der Waals surface area contributed by atoms with E-state index in [9.17, 15) is 9.59 Å². The van der Waals surface area contributed by atoms with Gasteiger partial charge in [0, 0.05) is 12.3 Å². The van der Waals surface area contributed by atoms with Crippen LogP contribution in [0.1, 0.15) is 27.1 Å². The zero-order valence-electron chi connectivity index (χ0n) is 8.13. The van der Waals surface area contributed by atoms with Gasteiger partial charge in [-0.05, 0) is 11.5 Å². The van der Waals surface area contributed by atoms with E-state index in [1.54, 1.807) is 5.38 Å². The van der Waals surface area contributed by atoms with Gasteiger partial charge >= 0.3 is 0 Å². The summed E-state index contributed by atoms with van der Waals surface area (Å²) < 4.78 is 3.58. The molecule has 0 aliphatic rings. The average Bonchev–Trinajstić information content (AvgIpc) is 2.87. The number of anilines is 1. The normalized spacial score (nSPS) is 10.1. The van der Waals surface area contributed by atoms with Crippen molar-refractivity contribution in [2.75, 3.05) is 5.32 Å². The van der Waals surface area contributed by atoms with Crippen molar-refractivity contribution in [2.24, 2.45) is 0 Å². The van der Waals surface area contributed by atoms with Crippen LogP contribution in [0.5, 0.6) is 0 Å². The van der Waals surface area contributed by atoms with Crippen LogP contribution in [-0.4, -0.2) is 26.3 Å². The number of amides is 1. The molecule has 6 nitrogen and oxygen atoms in total. The Hall–Kier alpha value is -1.67. The SMILES string of the molecule is CC(=O)c1csc(NC(=O)c2cnns2)n1. The van der Waals surface area contributed by atoms with Crippen molar-refractivity contribution in [1.82, 2.24) is 14.6 Å². The van der Waals surface area contributed by atoms with Gasteiger partial charge in [-0.3, -0.25) is 14.9 Å². The van der Waals surface area contributed by atoms with Crippen molar-refractivity contribution < 1.29 is 9.59 Å². The van der Waals surface area contributed by atoms with Gasteiger partial charge in [0.05, 0.1) is 6.20 Å². The molecular weight excluding hydrogens is 248 g/mol. The molecule has 2 aromatic heterocycles. The van der Waals surface area contributed by atoms with E-state index in [4.69, 9.17) is 0 Å². The molecule has 0 saturated heterocycles. The Bertz CT molecular complexity index is 520. The number of carbonyl (C=O) groups is 2. The molecule has 0 spiro atoms. The molecule has 0 aliphatic heterocycles. The van der Waals surface area contributed by atoms with E-state index in [0.29, 0.717) is 15.7 Å². The van der Waals surface area contributed by atoms with Crippen LogP contribution in [0.25, 0.3) is 0 Å². The van der Waals surface area contributed by atoms with Gasteiger partial charge in [0.1, 0.15) is 10.6 Å². The molecule has 1 amide bonds. The van der Waals surface area contributed by atoms with Gasteiger partial charge in [0.2, 0.25) is 0 Å². The van der Waals surface area contributed by atoms with Crippen LogP contribution < -0.4 is 5.32 Å². The second-order valence-corrected chi connectivity index (χ2v) is 4.47. The van der Waals surface area contributed by atoms with Gasteiger partial charge in [-0.15, -0.1) is 16.4 Å². The smallest absolute Gasteiger partial charge is 0.270 e. The topological polar surface area (TPSA) is 84.8 Å². The second kappa shape index (κ2) is 4.45. The largest absolute Gasteiger partial charge is 0.297 e. The number of carbonyl (C=O) groups excluding carboxylic acids is 2. The van der Waals surface area contributed by atoms with Crippen LogP contribution in [0, 0.1) is 0 Å². The zero-order chi connectivity index (χ0) is 11.5. The number of rotatable bonds is 3. The third-order valence-electron chi connectivity index (χ3n) is 1.67. The maximum atomic E-state index is 11.6. The molecular formula is C8H6N4O2S2. The molecule has 8 heteroatoms. The molecule has 1 N–H and O–H groups in total. The van der Waals surface area contributed by atoms with E-state index in [-0.39, 0.29) is 11.7 Å². The summed E-state index contributed by atoms with van der Waals surface area (Å²) in [6, 6.07) is 0. The lowest BCUT2D eigenvalue weighted by molar-refractivity contribution is 0.100. The van der Waals surface area contributed by atoms with Gasteiger partial charge in [-0.2, -0.15) is 0 Å². The molecule has 0 bridgehead atoms. The van der Waals surface area contributed by atoms with Gasteiger partial charge in [0.25, 0.3) is 5.91 Å². The molecule has 82 valence electrons. The molecule has 0 fully saturated rings. The fourth-order valence-corrected chi connectivity index (χ4v) is 2.07. The van der Waals surface area contributed by atoms with E-state index < -0.39 is 0 Å². The summed E-state index contributed by atoms with van der Waals surface area (Å²) in [6.45, 7) is 1.42. The maximum absolute atomic E-state index is 11.6. The van der Waals surface area contributed by atoms with Crippen LogP contribution in [0.2, 0.25) is 0 Å². The molecule has 2 aromatic rings. The lowest BCUT2D eigenvalue weighted by atomic mass is 10.4. The third kappa shape index (κ3) is 2.28. The Balaban J connectivity index is 2.09. The van der Waals surface area contributed by atoms with Crippen LogP contribution >= 0.6 is 22.9 Å². The fourth-order valence-electron chi connectivity index (χ4n) is 0.919. The first kappa shape index (κ1) is 10.8. The summed E-state index contributed by atoms with van der Waals surface area (Å²) in [6.07, 6.45) is 1.37. The highest BCUT2D eigenvalue weighted by Gasteiger charge is 2.12. The molecule has 0 aromatic carbocycles. The summed E-state index contributed by atoms with van der Waals surface area (Å²) in [4.78, 5) is 26.9. The second-order valence-electron chi connectivity index (χ2n) is 2.83. The number of aromatic nitrogens is 3.